The summed E-state index contributed by atoms with van der Waals surface area (Å²) in [7, 11) is 0. The lowest BCUT2D eigenvalue weighted by atomic mass is 10.0. The zero-order valence-electron chi connectivity index (χ0n) is 10.1. The van der Waals surface area contributed by atoms with Crippen LogP contribution in [0.2, 0.25) is 0 Å². The maximum atomic E-state index is 11.7. The molecule has 18 heavy (non-hydrogen) atoms. The number of nitrogens with zero attached hydrogens (tertiary/aromatic N) is 3. The highest BCUT2D eigenvalue weighted by atomic mass is 16.1. The molecule has 0 aliphatic carbocycles. The molecule has 1 aromatic carbocycles. The highest BCUT2D eigenvalue weighted by molar-refractivity contribution is 5.24. The van der Waals surface area contributed by atoms with Gasteiger partial charge in [-0.3, -0.25) is 4.79 Å². The van der Waals surface area contributed by atoms with E-state index in [1.165, 1.54) is 10.7 Å². The van der Waals surface area contributed by atoms with Crippen molar-refractivity contribution in [2.24, 2.45) is 0 Å². The molecule has 0 amide bonds. The minimum atomic E-state index is -0.362. The predicted octanol–water partition coefficient (Wildman–Crippen LogP) is 1.86. The molecule has 0 aliphatic rings. The topological polar surface area (TPSA) is 58.7 Å². The molecule has 4 heteroatoms. The Hall–Kier alpha value is -2.41. The fourth-order valence-electron chi connectivity index (χ4n) is 1.74. The van der Waals surface area contributed by atoms with E-state index in [4.69, 9.17) is 0 Å². The van der Waals surface area contributed by atoms with Gasteiger partial charge < -0.3 is 0 Å². The zero-order chi connectivity index (χ0) is 13.0. The van der Waals surface area contributed by atoms with Crippen LogP contribution in [0, 0.1) is 18.3 Å². The Labute approximate surface area is 105 Å². The summed E-state index contributed by atoms with van der Waals surface area (Å²) in [4.78, 5) is 11.7. The summed E-state index contributed by atoms with van der Waals surface area (Å²) in [6.45, 7) is 2.09. The van der Waals surface area contributed by atoms with Crippen LogP contribution in [-0.2, 0) is 6.54 Å². The van der Waals surface area contributed by atoms with Crippen LogP contribution < -0.4 is 5.56 Å². The Morgan fingerprint density at radius 3 is 2.72 bits per heavy atom. The minimum Gasteiger partial charge on any atom is -0.268 e. The number of hydrogen-bond acceptors (Lipinski definition) is 3. The van der Waals surface area contributed by atoms with E-state index in [0.717, 1.165) is 11.1 Å². The second-order valence-corrected chi connectivity index (χ2v) is 4.15. The van der Waals surface area contributed by atoms with Crippen molar-refractivity contribution in [3.63, 3.8) is 0 Å². The van der Waals surface area contributed by atoms with Gasteiger partial charge in [-0.1, -0.05) is 30.3 Å². The molecule has 0 bridgehead atoms. The van der Waals surface area contributed by atoms with Crippen molar-refractivity contribution in [3.8, 4) is 6.07 Å². The van der Waals surface area contributed by atoms with Crippen LogP contribution in [0.5, 0.6) is 0 Å². The SMILES string of the molecule is Cc1cnn(CC(C#N)c2ccccc2)c(=O)c1. The summed E-state index contributed by atoms with van der Waals surface area (Å²) < 4.78 is 1.33. The van der Waals surface area contributed by atoms with Crippen LogP contribution >= 0.6 is 0 Å². The lowest BCUT2D eigenvalue weighted by Crippen LogP contribution is -2.24. The van der Waals surface area contributed by atoms with Crippen molar-refractivity contribution in [1.29, 1.82) is 5.26 Å². The average Bonchev–Trinajstić information content (AvgIpc) is 2.39. The lowest BCUT2D eigenvalue weighted by molar-refractivity contribution is 0.546. The third-order valence-electron chi connectivity index (χ3n) is 2.72. The van der Waals surface area contributed by atoms with Gasteiger partial charge in [0.15, 0.2) is 0 Å². The average molecular weight is 239 g/mol. The molecule has 0 radical (unpaired) electrons. The van der Waals surface area contributed by atoms with E-state index in [2.05, 4.69) is 11.2 Å². The largest absolute Gasteiger partial charge is 0.268 e. The van der Waals surface area contributed by atoms with Crippen LogP contribution in [0.25, 0.3) is 0 Å². The minimum absolute atomic E-state index is 0.175. The third-order valence-corrected chi connectivity index (χ3v) is 2.72. The first-order valence-corrected chi connectivity index (χ1v) is 5.69. The van der Waals surface area contributed by atoms with Crippen molar-refractivity contribution in [2.45, 2.75) is 19.4 Å². The van der Waals surface area contributed by atoms with Gasteiger partial charge in [0.2, 0.25) is 0 Å². The standard InChI is InChI=1S/C14H13N3O/c1-11-7-14(18)17(16-9-11)10-13(8-15)12-5-3-2-4-6-12/h2-7,9,13H,10H2,1H3. The maximum absolute atomic E-state index is 11.7. The van der Waals surface area contributed by atoms with E-state index in [1.54, 1.807) is 6.20 Å². The fourth-order valence-corrected chi connectivity index (χ4v) is 1.74. The van der Waals surface area contributed by atoms with E-state index in [1.807, 2.05) is 37.3 Å². The van der Waals surface area contributed by atoms with Gasteiger partial charge in [0.1, 0.15) is 0 Å². The molecule has 0 fully saturated rings. The van der Waals surface area contributed by atoms with E-state index in [-0.39, 0.29) is 18.0 Å². The Kier molecular flexibility index (Phi) is 3.54. The molecule has 0 aliphatic heterocycles. The first kappa shape index (κ1) is 12.1. The smallest absolute Gasteiger partial charge is 0.267 e. The van der Waals surface area contributed by atoms with Gasteiger partial charge in [-0.2, -0.15) is 10.4 Å². The Bertz CT molecular complexity index is 625. The van der Waals surface area contributed by atoms with Crippen LogP contribution in [0.4, 0.5) is 0 Å². The molecular formula is C14H13N3O. The molecule has 1 aromatic heterocycles. The molecule has 4 nitrogen and oxygen atoms in total. The fraction of sp³-hybridized carbons (Fsp3) is 0.214. The van der Waals surface area contributed by atoms with Crippen molar-refractivity contribution in [1.82, 2.24) is 9.78 Å². The number of benzene rings is 1. The molecule has 0 saturated heterocycles. The number of nitriles is 1. The maximum Gasteiger partial charge on any atom is 0.267 e. The summed E-state index contributed by atoms with van der Waals surface area (Å²) in [6.07, 6.45) is 1.63. The Morgan fingerprint density at radius 1 is 1.39 bits per heavy atom. The molecule has 1 heterocycles. The van der Waals surface area contributed by atoms with Gasteiger partial charge in [0, 0.05) is 6.07 Å². The highest BCUT2D eigenvalue weighted by Gasteiger charge is 2.12. The molecule has 0 spiro atoms. The predicted molar refractivity (Wildman–Crippen MR) is 68.0 cm³/mol. The van der Waals surface area contributed by atoms with Gasteiger partial charge in [0.25, 0.3) is 5.56 Å². The molecular weight excluding hydrogens is 226 g/mol. The van der Waals surface area contributed by atoms with Crippen LogP contribution in [0.15, 0.2) is 47.4 Å². The zero-order valence-corrected chi connectivity index (χ0v) is 10.1. The second kappa shape index (κ2) is 5.28. The molecule has 1 unspecified atom stereocenters. The van der Waals surface area contributed by atoms with Crippen molar-refractivity contribution in [2.75, 3.05) is 0 Å². The Balaban J connectivity index is 2.27. The van der Waals surface area contributed by atoms with E-state index in [9.17, 15) is 10.1 Å². The summed E-state index contributed by atoms with van der Waals surface area (Å²) in [5, 5.41) is 13.2. The normalized spacial score (nSPS) is 11.8. The highest BCUT2D eigenvalue weighted by Crippen LogP contribution is 2.15. The molecule has 90 valence electrons. The lowest BCUT2D eigenvalue weighted by Gasteiger charge is -2.10. The molecule has 1 atom stereocenters. The molecule has 2 rings (SSSR count). The summed E-state index contributed by atoms with van der Waals surface area (Å²) in [5.41, 5.74) is 1.55. The molecule has 0 saturated carbocycles. The molecule has 0 N–H and O–H groups in total. The quantitative estimate of drug-likeness (QED) is 0.821. The van der Waals surface area contributed by atoms with Gasteiger partial charge in [-0.15, -0.1) is 0 Å². The summed E-state index contributed by atoms with van der Waals surface area (Å²) in [6, 6.07) is 13.2. The van der Waals surface area contributed by atoms with Crippen LogP contribution in [-0.4, -0.2) is 9.78 Å². The van der Waals surface area contributed by atoms with Crippen LogP contribution in [0.3, 0.4) is 0 Å². The summed E-state index contributed by atoms with van der Waals surface area (Å²) >= 11 is 0. The monoisotopic (exact) mass is 239 g/mol. The van der Waals surface area contributed by atoms with E-state index >= 15 is 0 Å². The first-order chi connectivity index (χ1) is 8.70. The van der Waals surface area contributed by atoms with Gasteiger partial charge in [0.05, 0.1) is 24.7 Å². The van der Waals surface area contributed by atoms with Gasteiger partial charge >= 0.3 is 0 Å². The first-order valence-electron chi connectivity index (χ1n) is 5.69. The van der Waals surface area contributed by atoms with Gasteiger partial charge in [-0.25, -0.2) is 4.68 Å². The van der Waals surface area contributed by atoms with Crippen molar-refractivity contribution < 1.29 is 0 Å². The van der Waals surface area contributed by atoms with Crippen molar-refractivity contribution in [3.05, 3.63) is 64.1 Å². The number of hydrogen-bond donors (Lipinski definition) is 0. The van der Waals surface area contributed by atoms with E-state index < -0.39 is 0 Å². The summed E-state index contributed by atoms with van der Waals surface area (Å²) in [5.74, 6) is -0.362. The molecule has 2 aromatic rings. The Morgan fingerprint density at radius 2 is 2.11 bits per heavy atom. The van der Waals surface area contributed by atoms with Gasteiger partial charge in [-0.05, 0) is 18.1 Å². The number of aryl methyl sites for hydroxylation is 1. The third kappa shape index (κ3) is 2.64. The van der Waals surface area contributed by atoms with Crippen molar-refractivity contribution >= 4 is 0 Å². The van der Waals surface area contributed by atoms with E-state index in [0.29, 0.717) is 0 Å². The van der Waals surface area contributed by atoms with Crippen LogP contribution in [0.1, 0.15) is 17.0 Å². The number of aromatic nitrogens is 2. The second-order valence-electron chi connectivity index (χ2n) is 4.15. The number of rotatable bonds is 3.